The summed E-state index contributed by atoms with van der Waals surface area (Å²) in [6, 6.07) is 19.9. The van der Waals surface area contributed by atoms with Gasteiger partial charge in [0.05, 0.1) is 10.9 Å². The summed E-state index contributed by atoms with van der Waals surface area (Å²) in [6.45, 7) is 0. The summed E-state index contributed by atoms with van der Waals surface area (Å²) < 4.78 is 31.2. The second-order valence-corrected chi connectivity index (χ2v) is 9.54. The van der Waals surface area contributed by atoms with Crippen molar-refractivity contribution in [2.75, 3.05) is 0 Å². The third-order valence-electron chi connectivity index (χ3n) is 5.22. The number of nitrogens with zero attached hydrogens (tertiary/aromatic N) is 2. The van der Waals surface area contributed by atoms with E-state index in [9.17, 15) is 22.9 Å². The fourth-order valence-electron chi connectivity index (χ4n) is 3.11. The molecule has 0 bridgehead atoms. The van der Waals surface area contributed by atoms with Crippen molar-refractivity contribution in [3.05, 3.63) is 150 Å². The lowest BCUT2D eigenvalue weighted by molar-refractivity contribution is -0.378. The Morgan fingerprint density at radius 3 is 1.18 bits per heavy atom. The molecule has 0 radical (unpaired) electrons. The first-order valence-electron chi connectivity index (χ1n) is 12.2. The zero-order chi connectivity index (χ0) is 29.3. The molecule has 0 unspecified atom stereocenters. The minimum Gasteiger partial charge on any atom is -0.744 e. The number of nitrogens with one attached hydrogen (secondary N) is 2. The first kappa shape index (κ1) is 38.6. The summed E-state index contributed by atoms with van der Waals surface area (Å²) in [6.07, 6.45) is 23.1. The second kappa shape index (κ2) is 20.4. The zero-order valence-corrected chi connectivity index (χ0v) is 24.0. The Labute approximate surface area is 254 Å². The van der Waals surface area contributed by atoms with Crippen LogP contribution in [0.3, 0.4) is 0 Å². The summed E-state index contributed by atoms with van der Waals surface area (Å²) >= 11 is 0. The fraction of sp³-hybridized carbons (Fsp3) is 0. The smallest absolute Gasteiger partial charge is 0.167 e. The van der Waals surface area contributed by atoms with Crippen LogP contribution >= 0.6 is 0 Å². The number of carboxylic acids is 1. The van der Waals surface area contributed by atoms with E-state index in [1.807, 2.05) is 73.3 Å². The van der Waals surface area contributed by atoms with Crippen LogP contribution in [-0.4, -0.2) is 45.3 Å². The average Bonchev–Trinajstić information content (AvgIpc) is 3.01. The number of carboxylic acid groups (broad SMARTS) is 1. The molecule has 0 aliphatic carbocycles. The lowest BCUT2D eigenvalue weighted by Crippen LogP contribution is -2.22. The van der Waals surface area contributed by atoms with Crippen LogP contribution in [0.5, 0.6) is 0 Å². The summed E-state index contributed by atoms with van der Waals surface area (Å²) in [5, 5.41) is 10.2. The number of H-pyrrole nitrogens is 2. The molecule has 5 aromatic rings. The third kappa shape index (κ3) is 14.5. The van der Waals surface area contributed by atoms with E-state index < -0.39 is 21.0 Å². The monoisotopic (exact) mass is 620 g/mol. The lowest BCUT2D eigenvalue weighted by Gasteiger charge is -2.07. The molecule has 0 saturated heterocycles. The molecule has 12 nitrogen and oxygen atoms in total. The van der Waals surface area contributed by atoms with Gasteiger partial charge in [0, 0.05) is 49.1 Å². The quantitative estimate of drug-likeness (QED) is 0.244. The van der Waals surface area contributed by atoms with Crippen LogP contribution in [0.25, 0.3) is 24.3 Å². The first-order chi connectivity index (χ1) is 19.8. The minimum absolute atomic E-state index is 0. The van der Waals surface area contributed by atoms with E-state index in [1.165, 1.54) is 11.1 Å². The SMILES string of the molecule is C(=C\c1cc[nH+]cc1)/c1ccncc1.C(=C\c1cc[nH+]cc1)/c1ccncc1.O.O.O.O=C([O-])c1ccc(S(=O)(=O)[O-])cc1. The molecule has 8 N–H and O–H groups in total. The highest BCUT2D eigenvalue weighted by Crippen LogP contribution is 2.09. The molecule has 44 heavy (non-hydrogen) atoms. The number of hydrogen-bond acceptors (Lipinski definition) is 7. The van der Waals surface area contributed by atoms with E-state index in [-0.39, 0.29) is 22.0 Å². The molecule has 13 heteroatoms. The fourth-order valence-corrected chi connectivity index (χ4v) is 3.58. The predicted molar refractivity (Wildman–Crippen MR) is 162 cm³/mol. The largest absolute Gasteiger partial charge is 0.744 e. The average molecular weight is 621 g/mol. The van der Waals surface area contributed by atoms with Crippen LogP contribution in [0.1, 0.15) is 32.6 Å². The van der Waals surface area contributed by atoms with Gasteiger partial charge in [0.1, 0.15) is 10.1 Å². The van der Waals surface area contributed by atoms with E-state index in [2.05, 4.69) is 44.2 Å². The molecule has 5 rings (SSSR count). The van der Waals surface area contributed by atoms with Crippen LogP contribution in [0.4, 0.5) is 0 Å². The maximum Gasteiger partial charge on any atom is 0.167 e. The maximum atomic E-state index is 10.4. The molecule has 0 aliphatic heterocycles. The van der Waals surface area contributed by atoms with E-state index in [0.717, 1.165) is 35.4 Å². The van der Waals surface area contributed by atoms with Crippen molar-refractivity contribution < 1.29 is 49.3 Å². The van der Waals surface area contributed by atoms with Crippen molar-refractivity contribution in [1.82, 2.24) is 9.97 Å². The van der Waals surface area contributed by atoms with E-state index in [1.54, 1.807) is 24.8 Å². The highest BCUT2D eigenvalue weighted by molar-refractivity contribution is 7.85. The summed E-state index contributed by atoms with van der Waals surface area (Å²) in [4.78, 5) is 23.7. The number of aromatic nitrogens is 4. The highest BCUT2D eigenvalue weighted by atomic mass is 32.2. The van der Waals surface area contributed by atoms with Gasteiger partial charge in [-0.2, -0.15) is 0 Å². The third-order valence-corrected chi connectivity index (χ3v) is 6.06. The van der Waals surface area contributed by atoms with Crippen LogP contribution in [0, 0.1) is 0 Å². The number of hydrogen-bond donors (Lipinski definition) is 0. The van der Waals surface area contributed by atoms with Crippen molar-refractivity contribution in [2.24, 2.45) is 0 Å². The van der Waals surface area contributed by atoms with Gasteiger partial charge in [0.2, 0.25) is 0 Å². The van der Waals surface area contributed by atoms with Gasteiger partial charge in [0.25, 0.3) is 0 Å². The van der Waals surface area contributed by atoms with Gasteiger partial charge in [-0.05, 0) is 64.2 Å². The number of carbonyl (C=O) groups excluding carboxylic acids is 1. The summed E-state index contributed by atoms with van der Waals surface area (Å²) in [5.41, 5.74) is 4.51. The molecule has 0 amide bonds. The number of aromatic amines is 2. The molecule has 4 aromatic heterocycles. The van der Waals surface area contributed by atoms with Gasteiger partial charge >= 0.3 is 0 Å². The van der Waals surface area contributed by atoms with E-state index in [0.29, 0.717) is 0 Å². The van der Waals surface area contributed by atoms with Crippen LogP contribution < -0.4 is 15.1 Å². The van der Waals surface area contributed by atoms with Gasteiger partial charge in [-0.15, -0.1) is 0 Å². The molecule has 0 fully saturated rings. The molecular formula is C31H32N4O8S. The Hall–Kier alpha value is -5.44. The first-order valence-corrected chi connectivity index (χ1v) is 13.6. The van der Waals surface area contributed by atoms with Crippen LogP contribution in [0.15, 0.2) is 127 Å². The minimum atomic E-state index is -4.51. The van der Waals surface area contributed by atoms with Gasteiger partial charge in [-0.1, -0.05) is 36.4 Å². The molecular weight excluding hydrogens is 588 g/mol. The Kier molecular flexibility index (Phi) is 17.9. The van der Waals surface area contributed by atoms with E-state index >= 15 is 0 Å². The van der Waals surface area contributed by atoms with Crippen molar-refractivity contribution in [3.8, 4) is 0 Å². The number of rotatable bonds is 6. The zero-order valence-electron chi connectivity index (χ0n) is 23.2. The Bertz CT molecular complexity index is 1490. The number of benzene rings is 1. The maximum absolute atomic E-state index is 10.4. The second-order valence-electron chi connectivity index (χ2n) is 8.16. The Morgan fingerprint density at radius 1 is 0.568 bits per heavy atom. The molecule has 0 spiro atoms. The van der Waals surface area contributed by atoms with Crippen molar-refractivity contribution >= 4 is 40.4 Å². The normalized spacial score (nSPS) is 10.0. The highest BCUT2D eigenvalue weighted by Gasteiger charge is 2.00. The van der Waals surface area contributed by atoms with Crippen molar-refractivity contribution in [1.29, 1.82) is 0 Å². The summed E-state index contributed by atoms with van der Waals surface area (Å²) in [7, 11) is -4.51. The molecule has 230 valence electrons. The standard InChI is InChI=1S/2C12H10N2.C7H6O5S.3H2O/c2*1(11-3-7-13-8-4-11)2-12-5-9-14-10-6-12;8-7(9)5-1-3-6(4-2-5)13(10,11)12;;;/h2*1-10H;1-4H,(H,8,9)(H,10,11,12);3*1H2/b2*2-1+;;;;. The van der Waals surface area contributed by atoms with Crippen LogP contribution in [0.2, 0.25) is 0 Å². The molecule has 0 aliphatic rings. The van der Waals surface area contributed by atoms with Gasteiger partial charge in [-0.25, -0.2) is 18.4 Å². The van der Waals surface area contributed by atoms with Crippen molar-refractivity contribution in [2.45, 2.75) is 4.90 Å². The van der Waals surface area contributed by atoms with Crippen LogP contribution in [-0.2, 0) is 10.1 Å². The van der Waals surface area contributed by atoms with Crippen molar-refractivity contribution in [3.63, 3.8) is 0 Å². The Balaban J connectivity index is 0.000000610. The molecule has 1 aromatic carbocycles. The van der Waals surface area contributed by atoms with Gasteiger partial charge in [0.15, 0.2) is 24.8 Å². The number of aromatic carboxylic acids is 1. The molecule has 0 atom stereocenters. The predicted octanol–water partition coefficient (Wildman–Crippen LogP) is 0.612. The lowest BCUT2D eigenvalue weighted by atomic mass is 10.2. The topological polar surface area (TPSA) is 246 Å². The Morgan fingerprint density at radius 2 is 0.886 bits per heavy atom. The summed E-state index contributed by atoms with van der Waals surface area (Å²) in [5.74, 6) is -1.42. The molecule has 4 heterocycles. The van der Waals surface area contributed by atoms with E-state index in [4.69, 9.17) is 0 Å². The van der Waals surface area contributed by atoms with Gasteiger partial charge < -0.3 is 30.9 Å². The number of pyridine rings is 4. The number of carbonyl (C=O) groups is 1. The molecule has 0 saturated carbocycles. The van der Waals surface area contributed by atoms with Gasteiger partial charge in [-0.3, -0.25) is 9.97 Å².